The van der Waals surface area contributed by atoms with Crippen LogP contribution in [0.5, 0.6) is 5.75 Å². The lowest BCUT2D eigenvalue weighted by Crippen LogP contribution is -2.26. The Morgan fingerprint density at radius 2 is 1.91 bits per heavy atom. The third-order valence-electron chi connectivity index (χ3n) is 4.99. The van der Waals surface area contributed by atoms with Crippen molar-refractivity contribution in [1.29, 1.82) is 0 Å². The van der Waals surface area contributed by atoms with E-state index >= 15 is 0 Å². The van der Waals surface area contributed by atoms with Crippen molar-refractivity contribution in [2.75, 3.05) is 12.3 Å². The Labute approximate surface area is 199 Å². The molecule has 0 spiro atoms. The number of ether oxygens (including phenoxy) is 1. The molecule has 4 aromatic rings. The number of aromatic nitrogens is 2. The van der Waals surface area contributed by atoms with Crippen molar-refractivity contribution < 1.29 is 9.53 Å². The Hall–Kier alpha value is -2.93. The van der Waals surface area contributed by atoms with Gasteiger partial charge in [0.05, 0.1) is 5.56 Å². The van der Waals surface area contributed by atoms with Gasteiger partial charge in [-0.15, -0.1) is 0 Å². The van der Waals surface area contributed by atoms with E-state index in [-0.39, 0.29) is 24.1 Å². The minimum absolute atomic E-state index is 0.0958. The zero-order valence-electron chi connectivity index (χ0n) is 16.8. The van der Waals surface area contributed by atoms with Gasteiger partial charge in [-0.1, -0.05) is 40.9 Å². The molecule has 0 radical (unpaired) electrons. The highest BCUT2D eigenvalue weighted by molar-refractivity contribution is 6.36. The number of rotatable bonds is 7. The van der Waals surface area contributed by atoms with Gasteiger partial charge in [-0.25, -0.2) is 4.98 Å². The van der Waals surface area contributed by atoms with Crippen LogP contribution in [0.3, 0.4) is 0 Å². The summed E-state index contributed by atoms with van der Waals surface area (Å²) in [5.41, 5.74) is 8.94. The number of aromatic amines is 1. The molecule has 2 aromatic heterocycles. The number of nitrogens with one attached hydrogen (secondary N) is 2. The number of carbonyl (C=O) groups is 1. The van der Waals surface area contributed by atoms with Gasteiger partial charge in [0, 0.05) is 50.5 Å². The molecule has 164 valence electrons. The van der Waals surface area contributed by atoms with Crippen LogP contribution in [0.4, 0.5) is 5.82 Å². The summed E-state index contributed by atoms with van der Waals surface area (Å²) in [6, 6.07) is 12.4. The highest BCUT2D eigenvalue weighted by atomic mass is 35.5. The fraction of sp³-hybridized carbons (Fsp3) is 0.130. The van der Waals surface area contributed by atoms with Gasteiger partial charge >= 0.3 is 0 Å². The molecule has 1 amide bonds. The molecule has 0 aliphatic carbocycles. The van der Waals surface area contributed by atoms with E-state index in [0.717, 1.165) is 16.5 Å². The van der Waals surface area contributed by atoms with Crippen molar-refractivity contribution in [1.82, 2.24) is 15.3 Å². The summed E-state index contributed by atoms with van der Waals surface area (Å²) >= 11 is 18.4. The molecule has 2 heterocycles. The number of halogens is 3. The molecular weight excluding hydrogens is 471 g/mol. The van der Waals surface area contributed by atoms with Crippen LogP contribution in [-0.2, 0) is 13.0 Å². The summed E-state index contributed by atoms with van der Waals surface area (Å²) in [7, 11) is 0. The first-order valence-electron chi connectivity index (χ1n) is 9.77. The fourth-order valence-corrected chi connectivity index (χ4v) is 3.96. The predicted octanol–water partition coefficient (Wildman–Crippen LogP) is 5.66. The number of pyridine rings is 1. The van der Waals surface area contributed by atoms with Gasteiger partial charge in [-0.2, -0.15) is 0 Å². The molecule has 0 fully saturated rings. The molecule has 0 aliphatic rings. The van der Waals surface area contributed by atoms with Crippen molar-refractivity contribution in [2.24, 2.45) is 0 Å². The standard InChI is InChI=1S/C23H19Cl3N4O2/c24-15-4-5-20-16(9-15)13(10-29-20)6-7-28-23(31)14-8-21(22(27)30-11-14)32-12-17-18(25)2-1-3-19(17)26/h1-5,8-11,29H,6-7,12H2,(H2,27,30)(H,28,31). The SMILES string of the molecule is Nc1ncc(C(=O)NCCc2c[nH]c3ccc(Cl)cc23)cc1OCc1c(Cl)cccc1Cl. The van der Waals surface area contributed by atoms with E-state index in [1.54, 1.807) is 24.3 Å². The maximum Gasteiger partial charge on any atom is 0.252 e. The lowest BCUT2D eigenvalue weighted by molar-refractivity contribution is 0.0953. The van der Waals surface area contributed by atoms with E-state index in [9.17, 15) is 4.79 Å². The number of amides is 1. The Morgan fingerprint density at radius 3 is 2.69 bits per heavy atom. The quantitative estimate of drug-likeness (QED) is 0.312. The van der Waals surface area contributed by atoms with E-state index in [0.29, 0.717) is 39.2 Å². The number of nitrogens with zero attached hydrogens (tertiary/aromatic N) is 1. The molecule has 6 nitrogen and oxygen atoms in total. The van der Waals surface area contributed by atoms with Gasteiger partial charge in [0.2, 0.25) is 0 Å². The normalized spacial score (nSPS) is 11.0. The van der Waals surface area contributed by atoms with Crippen LogP contribution < -0.4 is 15.8 Å². The minimum Gasteiger partial charge on any atom is -0.485 e. The Balaban J connectivity index is 1.40. The maximum atomic E-state index is 12.6. The second-order valence-corrected chi connectivity index (χ2v) is 8.36. The number of carbonyl (C=O) groups excluding carboxylic acids is 1. The third-order valence-corrected chi connectivity index (χ3v) is 5.93. The lowest BCUT2D eigenvalue weighted by Gasteiger charge is -2.12. The van der Waals surface area contributed by atoms with Gasteiger partial charge in [-0.05, 0) is 48.4 Å². The zero-order chi connectivity index (χ0) is 22.7. The van der Waals surface area contributed by atoms with Gasteiger partial charge in [0.15, 0.2) is 11.6 Å². The lowest BCUT2D eigenvalue weighted by atomic mass is 10.1. The number of fused-ring (bicyclic) bond motifs is 1. The van der Waals surface area contributed by atoms with Crippen LogP contribution in [0.15, 0.2) is 54.9 Å². The van der Waals surface area contributed by atoms with E-state index in [2.05, 4.69) is 15.3 Å². The molecule has 0 unspecified atom stereocenters. The Kier molecular flexibility index (Phi) is 6.74. The van der Waals surface area contributed by atoms with E-state index in [1.165, 1.54) is 6.20 Å². The number of hydrogen-bond acceptors (Lipinski definition) is 4. The summed E-state index contributed by atoms with van der Waals surface area (Å²) < 4.78 is 5.75. The molecular formula is C23H19Cl3N4O2. The summed E-state index contributed by atoms with van der Waals surface area (Å²) in [5.74, 6) is 0.163. The average molecular weight is 490 g/mol. The number of anilines is 1. The molecule has 0 bridgehead atoms. The molecule has 2 aromatic carbocycles. The van der Waals surface area contributed by atoms with Crippen LogP contribution in [0, 0.1) is 0 Å². The fourth-order valence-electron chi connectivity index (χ4n) is 3.29. The molecule has 0 aliphatic heterocycles. The van der Waals surface area contributed by atoms with E-state index < -0.39 is 0 Å². The molecule has 32 heavy (non-hydrogen) atoms. The van der Waals surface area contributed by atoms with E-state index in [4.69, 9.17) is 45.3 Å². The van der Waals surface area contributed by atoms with Crippen molar-refractivity contribution in [3.05, 3.63) is 86.6 Å². The summed E-state index contributed by atoms with van der Waals surface area (Å²) in [4.78, 5) is 19.9. The largest absolute Gasteiger partial charge is 0.485 e. The summed E-state index contributed by atoms with van der Waals surface area (Å²) in [6.07, 6.45) is 3.97. The van der Waals surface area contributed by atoms with Crippen LogP contribution >= 0.6 is 34.8 Å². The van der Waals surface area contributed by atoms with E-state index in [1.807, 2.05) is 24.4 Å². The van der Waals surface area contributed by atoms with Gasteiger partial charge in [0.25, 0.3) is 5.91 Å². The van der Waals surface area contributed by atoms with Crippen molar-refractivity contribution >= 4 is 57.4 Å². The second-order valence-electron chi connectivity index (χ2n) is 7.11. The van der Waals surface area contributed by atoms with Crippen LogP contribution in [-0.4, -0.2) is 22.4 Å². The van der Waals surface area contributed by atoms with Crippen molar-refractivity contribution in [2.45, 2.75) is 13.0 Å². The Bertz CT molecular complexity index is 1270. The number of hydrogen-bond donors (Lipinski definition) is 3. The molecule has 4 rings (SSSR count). The maximum absolute atomic E-state index is 12.6. The first kappa shape index (κ1) is 22.3. The third kappa shape index (κ3) is 4.93. The Morgan fingerprint density at radius 1 is 1.12 bits per heavy atom. The summed E-state index contributed by atoms with van der Waals surface area (Å²) in [5, 5.41) is 5.56. The molecule has 0 saturated carbocycles. The number of benzene rings is 2. The van der Waals surface area contributed by atoms with Crippen molar-refractivity contribution in [3.8, 4) is 5.75 Å². The zero-order valence-corrected chi connectivity index (χ0v) is 19.1. The number of nitrogens with two attached hydrogens (primary N) is 1. The second kappa shape index (κ2) is 9.69. The highest BCUT2D eigenvalue weighted by Gasteiger charge is 2.13. The van der Waals surface area contributed by atoms with Gasteiger partial charge in [-0.3, -0.25) is 4.79 Å². The first-order valence-corrected chi connectivity index (χ1v) is 10.9. The van der Waals surface area contributed by atoms with Gasteiger partial charge in [0.1, 0.15) is 6.61 Å². The van der Waals surface area contributed by atoms with Crippen LogP contribution in [0.25, 0.3) is 10.9 Å². The van der Waals surface area contributed by atoms with Crippen LogP contribution in [0.1, 0.15) is 21.5 Å². The highest BCUT2D eigenvalue weighted by Crippen LogP contribution is 2.28. The monoisotopic (exact) mass is 488 g/mol. The topological polar surface area (TPSA) is 93.0 Å². The van der Waals surface area contributed by atoms with Gasteiger partial charge < -0.3 is 20.8 Å². The number of nitrogen functional groups attached to an aromatic ring is 1. The average Bonchev–Trinajstić information content (AvgIpc) is 3.16. The smallest absolute Gasteiger partial charge is 0.252 e. The molecule has 0 saturated heterocycles. The number of H-pyrrole nitrogens is 1. The molecule has 0 atom stereocenters. The predicted molar refractivity (Wildman–Crippen MR) is 129 cm³/mol. The first-order chi connectivity index (χ1) is 15.4. The van der Waals surface area contributed by atoms with Crippen LogP contribution in [0.2, 0.25) is 15.1 Å². The minimum atomic E-state index is -0.281. The summed E-state index contributed by atoms with van der Waals surface area (Å²) in [6.45, 7) is 0.534. The molecule has 9 heteroatoms. The molecule has 4 N–H and O–H groups in total. The van der Waals surface area contributed by atoms with Crippen molar-refractivity contribution in [3.63, 3.8) is 0 Å².